The second-order valence-corrected chi connectivity index (χ2v) is 6.34. The molecule has 0 aliphatic rings. The van der Waals surface area contributed by atoms with Crippen molar-refractivity contribution in [3.8, 4) is 0 Å². The standard InChI is InChI=1S/C18H18BrN5/c1-24(10-7-14-5-8-20-9-6-14)18-12-17(21-13-22-18)23-16-4-2-3-15(19)11-16/h2-6,8-9,11-13H,7,10H2,1H3,(H,21,22,23). The van der Waals surface area contributed by atoms with E-state index in [1.807, 2.05) is 61.9 Å². The molecule has 3 rings (SSSR count). The van der Waals surface area contributed by atoms with E-state index in [0.29, 0.717) is 0 Å². The molecule has 3 aromatic rings. The van der Waals surface area contributed by atoms with Gasteiger partial charge in [-0.15, -0.1) is 0 Å². The van der Waals surface area contributed by atoms with Gasteiger partial charge in [-0.25, -0.2) is 9.97 Å². The number of nitrogens with one attached hydrogen (secondary N) is 1. The van der Waals surface area contributed by atoms with E-state index in [9.17, 15) is 0 Å². The average Bonchev–Trinajstić information content (AvgIpc) is 2.61. The number of rotatable bonds is 6. The summed E-state index contributed by atoms with van der Waals surface area (Å²) in [7, 11) is 2.03. The van der Waals surface area contributed by atoms with Gasteiger partial charge in [0.2, 0.25) is 0 Å². The summed E-state index contributed by atoms with van der Waals surface area (Å²) in [6.45, 7) is 0.872. The zero-order valence-corrected chi connectivity index (χ0v) is 14.9. The maximum atomic E-state index is 4.36. The molecule has 0 radical (unpaired) electrons. The van der Waals surface area contributed by atoms with E-state index >= 15 is 0 Å². The summed E-state index contributed by atoms with van der Waals surface area (Å²) in [5.41, 5.74) is 2.24. The number of hydrogen-bond acceptors (Lipinski definition) is 5. The fraction of sp³-hybridized carbons (Fsp3) is 0.167. The van der Waals surface area contributed by atoms with Crippen molar-refractivity contribution in [3.05, 3.63) is 71.2 Å². The quantitative estimate of drug-likeness (QED) is 0.695. The van der Waals surface area contributed by atoms with Crippen LogP contribution in [0.4, 0.5) is 17.3 Å². The molecule has 1 aromatic carbocycles. The van der Waals surface area contributed by atoms with Gasteiger partial charge in [-0.2, -0.15) is 0 Å². The van der Waals surface area contributed by atoms with E-state index in [0.717, 1.165) is 34.8 Å². The Hall–Kier alpha value is -2.47. The summed E-state index contributed by atoms with van der Waals surface area (Å²) < 4.78 is 1.02. The van der Waals surface area contributed by atoms with Crippen molar-refractivity contribution >= 4 is 33.3 Å². The first kappa shape index (κ1) is 16.4. The Morgan fingerprint density at radius 1 is 1.08 bits per heavy atom. The van der Waals surface area contributed by atoms with Crippen LogP contribution in [0.2, 0.25) is 0 Å². The molecular formula is C18H18BrN5. The summed E-state index contributed by atoms with van der Waals surface area (Å²) in [6.07, 6.45) is 6.16. The molecular weight excluding hydrogens is 366 g/mol. The number of benzene rings is 1. The Labute approximate surface area is 149 Å². The third kappa shape index (κ3) is 4.52. The molecule has 1 N–H and O–H groups in total. The van der Waals surface area contributed by atoms with Gasteiger partial charge in [0.25, 0.3) is 0 Å². The summed E-state index contributed by atoms with van der Waals surface area (Å²) >= 11 is 3.47. The molecule has 0 aliphatic heterocycles. The summed E-state index contributed by atoms with van der Waals surface area (Å²) in [6, 6.07) is 14.0. The van der Waals surface area contributed by atoms with Crippen LogP contribution in [0.15, 0.2) is 65.7 Å². The van der Waals surface area contributed by atoms with Crippen LogP contribution >= 0.6 is 15.9 Å². The highest BCUT2D eigenvalue weighted by atomic mass is 79.9. The van der Waals surface area contributed by atoms with Crippen LogP contribution in [0, 0.1) is 0 Å². The van der Waals surface area contributed by atoms with Crippen LogP contribution in [-0.2, 0) is 6.42 Å². The third-order valence-electron chi connectivity index (χ3n) is 3.63. The lowest BCUT2D eigenvalue weighted by molar-refractivity contribution is 0.855. The molecule has 0 fully saturated rings. The van der Waals surface area contributed by atoms with E-state index < -0.39 is 0 Å². The molecule has 0 unspecified atom stereocenters. The van der Waals surface area contributed by atoms with Crippen molar-refractivity contribution in [1.82, 2.24) is 15.0 Å². The topological polar surface area (TPSA) is 53.9 Å². The first-order valence-corrected chi connectivity index (χ1v) is 8.45. The van der Waals surface area contributed by atoms with E-state index in [1.165, 1.54) is 5.56 Å². The number of pyridine rings is 1. The predicted octanol–water partition coefficient (Wildman–Crippen LogP) is 4.06. The van der Waals surface area contributed by atoms with Crippen molar-refractivity contribution in [2.24, 2.45) is 0 Å². The fourth-order valence-corrected chi connectivity index (χ4v) is 2.70. The zero-order valence-electron chi connectivity index (χ0n) is 13.4. The highest BCUT2D eigenvalue weighted by molar-refractivity contribution is 9.10. The molecule has 0 saturated carbocycles. The lowest BCUT2D eigenvalue weighted by Crippen LogP contribution is -2.21. The minimum Gasteiger partial charge on any atom is -0.359 e. The van der Waals surface area contributed by atoms with E-state index in [1.54, 1.807) is 6.33 Å². The van der Waals surface area contributed by atoms with E-state index in [4.69, 9.17) is 0 Å². The molecule has 0 aliphatic carbocycles. The molecule has 2 heterocycles. The van der Waals surface area contributed by atoms with Gasteiger partial charge in [0.15, 0.2) is 0 Å². The van der Waals surface area contributed by atoms with Gasteiger partial charge >= 0.3 is 0 Å². The van der Waals surface area contributed by atoms with Gasteiger partial charge in [0.05, 0.1) is 0 Å². The highest BCUT2D eigenvalue weighted by Crippen LogP contribution is 2.21. The van der Waals surface area contributed by atoms with Crippen LogP contribution in [-0.4, -0.2) is 28.5 Å². The summed E-state index contributed by atoms with van der Waals surface area (Å²) in [4.78, 5) is 14.8. The second kappa shape index (κ2) is 7.88. The molecule has 0 bridgehead atoms. The Balaban J connectivity index is 1.66. The Bertz CT molecular complexity index is 794. The van der Waals surface area contributed by atoms with Crippen LogP contribution in [0.5, 0.6) is 0 Å². The Morgan fingerprint density at radius 2 is 1.92 bits per heavy atom. The highest BCUT2D eigenvalue weighted by Gasteiger charge is 2.05. The summed E-state index contributed by atoms with van der Waals surface area (Å²) in [5.74, 6) is 1.66. The molecule has 2 aromatic heterocycles. The number of aromatic nitrogens is 3. The maximum Gasteiger partial charge on any atom is 0.135 e. The minimum atomic E-state index is 0.772. The second-order valence-electron chi connectivity index (χ2n) is 5.42. The SMILES string of the molecule is CN(CCc1ccncc1)c1cc(Nc2cccc(Br)c2)ncn1. The molecule has 0 atom stereocenters. The smallest absolute Gasteiger partial charge is 0.135 e. The van der Waals surface area contributed by atoms with E-state index in [-0.39, 0.29) is 0 Å². The summed E-state index contributed by atoms with van der Waals surface area (Å²) in [5, 5.41) is 3.30. The van der Waals surface area contributed by atoms with Gasteiger partial charge < -0.3 is 10.2 Å². The van der Waals surface area contributed by atoms with Crippen molar-refractivity contribution in [2.75, 3.05) is 23.8 Å². The lowest BCUT2D eigenvalue weighted by Gasteiger charge is -2.18. The molecule has 6 heteroatoms. The van der Waals surface area contributed by atoms with Crippen molar-refractivity contribution in [2.45, 2.75) is 6.42 Å². The number of anilines is 3. The maximum absolute atomic E-state index is 4.36. The third-order valence-corrected chi connectivity index (χ3v) is 4.12. The Kier molecular flexibility index (Phi) is 5.38. The lowest BCUT2D eigenvalue weighted by atomic mass is 10.2. The zero-order chi connectivity index (χ0) is 16.8. The van der Waals surface area contributed by atoms with Gasteiger partial charge in [-0.05, 0) is 42.3 Å². The van der Waals surface area contributed by atoms with Crippen LogP contribution in [0.3, 0.4) is 0 Å². The number of halogens is 1. The minimum absolute atomic E-state index is 0.772. The molecule has 0 spiro atoms. The fourth-order valence-electron chi connectivity index (χ4n) is 2.30. The van der Waals surface area contributed by atoms with Crippen LogP contribution in [0.1, 0.15) is 5.56 Å². The molecule has 122 valence electrons. The monoisotopic (exact) mass is 383 g/mol. The van der Waals surface area contributed by atoms with Gasteiger partial charge in [-0.3, -0.25) is 4.98 Å². The van der Waals surface area contributed by atoms with E-state index in [2.05, 4.69) is 41.1 Å². The van der Waals surface area contributed by atoms with Crippen LogP contribution in [0.25, 0.3) is 0 Å². The van der Waals surface area contributed by atoms with Gasteiger partial charge in [0.1, 0.15) is 18.0 Å². The first-order valence-electron chi connectivity index (χ1n) is 7.65. The first-order chi connectivity index (χ1) is 11.7. The van der Waals surface area contributed by atoms with Crippen molar-refractivity contribution < 1.29 is 0 Å². The van der Waals surface area contributed by atoms with Crippen molar-refractivity contribution in [3.63, 3.8) is 0 Å². The van der Waals surface area contributed by atoms with Crippen molar-refractivity contribution in [1.29, 1.82) is 0 Å². The molecule has 24 heavy (non-hydrogen) atoms. The normalized spacial score (nSPS) is 10.4. The van der Waals surface area contributed by atoms with Gasteiger partial charge in [-0.1, -0.05) is 22.0 Å². The predicted molar refractivity (Wildman–Crippen MR) is 101 cm³/mol. The van der Waals surface area contributed by atoms with Crippen LogP contribution < -0.4 is 10.2 Å². The Morgan fingerprint density at radius 3 is 2.71 bits per heavy atom. The molecule has 5 nitrogen and oxygen atoms in total. The average molecular weight is 384 g/mol. The van der Waals surface area contributed by atoms with Gasteiger partial charge in [0, 0.05) is 42.2 Å². The largest absolute Gasteiger partial charge is 0.359 e. The number of nitrogens with zero attached hydrogens (tertiary/aromatic N) is 4. The number of hydrogen-bond donors (Lipinski definition) is 1. The molecule has 0 saturated heterocycles. The number of likely N-dealkylation sites (N-methyl/N-ethyl adjacent to an activating group) is 1. The molecule has 0 amide bonds.